The van der Waals surface area contributed by atoms with E-state index < -0.39 is 0 Å². The average Bonchev–Trinajstić information content (AvgIpc) is 3.01. The van der Waals surface area contributed by atoms with Crippen molar-refractivity contribution in [2.45, 2.75) is 12.8 Å². The van der Waals surface area contributed by atoms with Gasteiger partial charge in [0.05, 0.1) is 19.0 Å². The SMILES string of the molecule is COc1ccc(N=C(SC)N2CC(C)C(c3ccc(F)cc3Cl)C2)cn1. The molecule has 3 rings (SSSR count). The Bertz CT molecular complexity index is 800. The molecule has 4 nitrogen and oxygen atoms in total. The van der Waals surface area contributed by atoms with Crippen LogP contribution < -0.4 is 4.74 Å². The molecule has 2 unspecified atom stereocenters. The van der Waals surface area contributed by atoms with Crippen LogP contribution in [0.3, 0.4) is 0 Å². The zero-order chi connectivity index (χ0) is 18.7. The maximum Gasteiger partial charge on any atom is 0.213 e. The zero-order valence-electron chi connectivity index (χ0n) is 14.9. The van der Waals surface area contributed by atoms with Gasteiger partial charge in [-0.2, -0.15) is 0 Å². The fourth-order valence-corrected chi connectivity index (χ4v) is 4.16. The summed E-state index contributed by atoms with van der Waals surface area (Å²) in [5.74, 6) is 0.897. The molecule has 1 aliphatic heterocycles. The second-order valence-electron chi connectivity index (χ2n) is 6.31. The summed E-state index contributed by atoms with van der Waals surface area (Å²) < 4.78 is 18.4. The molecule has 1 aliphatic rings. The molecule has 0 spiro atoms. The Labute approximate surface area is 162 Å². The van der Waals surface area contributed by atoms with E-state index in [0.29, 0.717) is 16.8 Å². The van der Waals surface area contributed by atoms with Crippen molar-refractivity contribution in [2.75, 3.05) is 26.5 Å². The summed E-state index contributed by atoms with van der Waals surface area (Å²) in [6.45, 7) is 3.87. The van der Waals surface area contributed by atoms with Gasteiger partial charge in [0, 0.05) is 30.1 Å². The Hall–Kier alpha value is -1.79. The number of benzene rings is 1. The van der Waals surface area contributed by atoms with Crippen molar-refractivity contribution < 1.29 is 9.13 Å². The summed E-state index contributed by atoms with van der Waals surface area (Å²) in [5, 5.41) is 1.43. The van der Waals surface area contributed by atoms with Gasteiger partial charge in [-0.3, -0.25) is 0 Å². The fraction of sp³-hybridized carbons (Fsp3) is 0.368. The first-order chi connectivity index (χ1) is 12.5. The largest absolute Gasteiger partial charge is 0.481 e. The van der Waals surface area contributed by atoms with E-state index in [1.165, 1.54) is 12.1 Å². The maximum absolute atomic E-state index is 13.4. The van der Waals surface area contributed by atoms with Crippen LogP contribution in [0.4, 0.5) is 10.1 Å². The number of hydrogen-bond acceptors (Lipinski definition) is 4. The third-order valence-corrected chi connectivity index (χ3v) is 5.62. The molecule has 0 N–H and O–H groups in total. The quantitative estimate of drug-likeness (QED) is 0.545. The summed E-state index contributed by atoms with van der Waals surface area (Å²) in [7, 11) is 1.59. The van der Waals surface area contributed by atoms with E-state index in [-0.39, 0.29) is 11.7 Å². The Balaban J connectivity index is 1.80. The van der Waals surface area contributed by atoms with E-state index in [4.69, 9.17) is 21.3 Å². The maximum atomic E-state index is 13.4. The molecule has 1 aromatic heterocycles. The Morgan fingerprint density at radius 3 is 2.77 bits per heavy atom. The van der Waals surface area contributed by atoms with Crippen LogP contribution >= 0.6 is 23.4 Å². The number of thioether (sulfide) groups is 1. The highest BCUT2D eigenvalue weighted by Gasteiger charge is 2.33. The van der Waals surface area contributed by atoms with E-state index in [1.54, 1.807) is 37.2 Å². The normalized spacial score (nSPS) is 20.5. The average molecular weight is 394 g/mol. The molecule has 2 aromatic rings. The van der Waals surface area contributed by atoms with Crippen molar-refractivity contribution in [3.63, 3.8) is 0 Å². The van der Waals surface area contributed by atoms with Crippen molar-refractivity contribution in [2.24, 2.45) is 10.9 Å². The molecule has 7 heteroatoms. The number of aliphatic imine (C=N–C) groups is 1. The van der Waals surface area contributed by atoms with Gasteiger partial charge in [-0.05, 0) is 35.9 Å². The van der Waals surface area contributed by atoms with Crippen LogP contribution in [-0.2, 0) is 0 Å². The number of rotatable bonds is 3. The minimum absolute atomic E-state index is 0.245. The Kier molecular flexibility index (Phi) is 6.04. The van der Waals surface area contributed by atoms with Crippen molar-refractivity contribution in [1.82, 2.24) is 9.88 Å². The minimum atomic E-state index is -0.306. The number of likely N-dealkylation sites (tertiary alicyclic amines) is 1. The topological polar surface area (TPSA) is 37.7 Å². The van der Waals surface area contributed by atoms with Crippen LogP contribution in [-0.4, -0.2) is 41.5 Å². The summed E-state index contributed by atoms with van der Waals surface area (Å²) >= 11 is 7.88. The molecule has 1 saturated heterocycles. The molecule has 2 heterocycles. The second kappa shape index (κ2) is 8.27. The van der Waals surface area contributed by atoms with Gasteiger partial charge < -0.3 is 9.64 Å². The molecular weight excluding hydrogens is 373 g/mol. The smallest absolute Gasteiger partial charge is 0.213 e. The van der Waals surface area contributed by atoms with Crippen LogP contribution in [0.1, 0.15) is 18.4 Å². The van der Waals surface area contributed by atoms with Crippen molar-refractivity contribution in [3.05, 3.63) is 52.9 Å². The molecule has 0 radical (unpaired) electrons. The predicted molar refractivity (Wildman–Crippen MR) is 106 cm³/mol. The standard InChI is InChI=1S/C19H21ClFN3OS/c1-12-10-24(11-16(12)15-6-4-13(21)8-17(15)20)19(26-3)23-14-5-7-18(25-2)22-9-14/h4-9,12,16H,10-11H2,1-3H3. The lowest BCUT2D eigenvalue weighted by Gasteiger charge is -2.19. The molecule has 138 valence electrons. The van der Waals surface area contributed by atoms with Gasteiger partial charge in [-0.25, -0.2) is 14.4 Å². The first-order valence-electron chi connectivity index (χ1n) is 8.34. The third-order valence-electron chi connectivity index (χ3n) is 4.58. The van der Waals surface area contributed by atoms with Gasteiger partial charge >= 0.3 is 0 Å². The number of methoxy groups -OCH3 is 1. The molecular formula is C19H21ClFN3OS. The monoisotopic (exact) mass is 393 g/mol. The zero-order valence-corrected chi connectivity index (χ0v) is 16.5. The lowest BCUT2D eigenvalue weighted by Crippen LogP contribution is -2.26. The predicted octanol–water partition coefficient (Wildman–Crippen LogP) is 4.97. The summed E-state index contributed by atoms with van der Waals surface area (Å²) in [5.41, 5.74) is 1.78. The molecule has 0 amide bonds. The molecule has 2 atom stereocenters. The number of aromatic nitrogens is 1. The van der Waals surface area contributed by atoms with Crippen LogP contribution in [0.2, 0.25) is 5.02 Å². The van der Waals surface area contributed by atoms with Crippen LogP contribution in [0.5, 0.6) is 5.88 Å². The van der Waals surface area contributed by atoms with E-state index >= 15 is 0 Å². The van der Waals surface area contributed by atoms with E-state index in [2.05, 4.69) is 16.8 Å². The molecule has 1 fully saturated rings. The minimum Gasteiger partial charge on any atom is -0.481 e. The summed E-state index contributed by atoms with van der Waals surface area (Å²) in [4.78, 5) is 11.2. The number of nitrogens with zero attached hydrogens (tertiary/aromatic N) is 3. The highest BCUT2D eigenvalue weighted by atomic mass is 35.5. The molecule has 0 aliphatic carbocycles. The van der Waals surface area contributed by atoms with Gasteiger partial charge in [0.1, 0.15) is 5.82 Å². The number of amidine groups is 1. The van der Waals surface area contributed by atoms with Crippen molar-refractivity contribution >= 4 is 34.2 Å². The highest BCUT2D eigenvalue weighted by molar-refractivity contribution is 8.13. The molecule has 26 heavy (non-hydrogen) atoms. The Morgan fingerprint density at radius 1 is 1.35 bits per heavy atom. The number of ether oxygens (including phenoxy) is 1. The molecule has 0 saturated carbocycles. The van der Waals surface area contributed by atoms with Crippen LogP contribution in [0, 0.1) is 11.7 Å². The second-order valence-corrected chi connectivity index (χ2v) is 7.49. The van der Waals surface area contributed by atoms with E-state index in [9.17, 15) is 4.39 Å². The number of pyridine rings is 1. The van der Waals surface area contributed by atoms with Gasteiger partial charge in [0.2, 0.25) is 5.88 Å². The third kappa shape index (κ3) is 4.13. The van der Waals surface area contributed by atoms with Crippen LogP contribution in [0.25, 0.3) is 0 Å². The summed E-state index contributed by atoms with van der Waals surface area (Å²) in [6.07, 6.45) is 3.71. The number of halogens is 2. The van der Waals surface area contributed by atoms with Crippen LogP contribution in [0.15, 0.2) is 41.5 Å². The van der Waals surface area contributed by atoms with Gasteiger partial charge in [-0.15, -0.1) is 0 Å². The first-order valence-corrected chi connectivity index (χ1v) is 9.94. The van der Waals surface area contributed by atoms with Gasteiger partial charge in [-0.1, -0.05) is 36.4 Å². The lowest BCUT2D eigenvalue weighted by molar-refractivity contribution is 0.398. The fourth-order valence-electron chi connectivity index (χ4n) is 3.25. The first kappa shape index (κ1) is 19.0. The molecule has 1 aromatic carbocycles. The van der Waals surface area contributed by atoms with Crippen molar-refractivity contribution in [1.29, 1.82) is 0 Å². The molecule has 0 bridgehead atoms. The summed E-state index contributed by atoms with van der Waals surface area (Å²) in [6, 6.07) is 8.34. The van der Waals surface area contributed by atoms with Crippen molar-refractivity contribution in [3.8, 4) is 5.88 Å². The van der Waals surface area contributed by atoms with Gasteiger partial charge in [0.25, 0.3) is 0 Å². The van der Waals surface area contributed by atoms with Gasteiger partial charge in [0.15, 0.2) is 5.17 Å². The van der Waals surface area contributed by atoms with E-state index in [0.717, 1.165) is 29.5 Å². The Morgan fingerprint density at radius 2 is 2.15 bits per heavy atom. The van der Waals surface area contributed by atoms with E-state index in [1.807, 2.05) is 12.3 Å². The lowest BCUT2D eigenvalue weighted by atomic mass is 9.90. The number of hydrogen-bond donors (Lipinski definition) is 0. The highest BCUT2D eigenvalue weighted by Crippen LogP contribution is 2.37.